The normalized spacial score (nSPS) is 11.6. The Morgan fingerprint density at radius 3 is 2.46 bits per heavy atom. The number of carbonyl (C=O) groups excluding carboxylic acids is 1. The van der Waals surface area contributed by atoms with E-state index >= 15 is 0 Å². The van der Waals surface area contributed by atoms with Crippen LogP contribution in [0.4, 0.5) is 19.3 Å². The molecule has 0 aliphatic carbocycles. The number of benzene rings is 2. The molecule has 140 valence electrons. The number of halogens is 2. The number of ether oxygens (including phenoxy) is 3. The molecule has 2 aromatic carbocycles. The summed E-state index contributed by atoms with van der Waals surface area (Å²) in [7, 11) is 3.08. The summed E-state index contributed by atoms with van der Waals surface area (Å²) in [6.07, 6.45) is 0. The fraction of sp³-hybridized carbons (Fsp3) is 0.278. The van der Waals surface area contributed by atoms with Gasteiger partial charge in [-0.1, -0.05) is 6.07 Å². The number of alkyl halides is 2. The van der Waals surface area contributed by atoms with Crippen molar-refractivity contribution in [2.24, 2.45) is 0 Å². The average molecular weight is 366 g/mol. The molecule has 0 saturated carbocycles. The molecule has 26 heavy (non-hydrogen) atoms. The molecule has 2 aromatic rings. The van der Waals surface area contributed by atoms with Crippen LogP contribution in [-0.2, 0) is 0 Å². The molecule has 0 aliphatic heterocycles. The molecule has 1 unspecified atom stereocenters. The number of rotatable bonds is 7. The van der Waals surface area contributed by atoms with Crippen molar-refractivity contribution in [2.75, 3.05) is 19.5 Å². The second-order valence-corrected chi connectivity index (χ2v) is 5.33. The highest BCUT2D eigenvalue weighted by molar-refractivity contribution is 5.89. The van der Waals surface area contributed by atoms with Crippen molar-refractivity contribution in [3.05, 3.63) is 48.0 Å². The number of urea groups is 1. The topological polar surface area (TPSA) is 68.8 Å². The fourth-order valence-electron chi connectivity index (χ4n) is 2.37. The Hall–Kier alpha value is -3.03. The van der Waals surface area contributed by atoms with Crippen LogP contribution in [-0.4, -0.2) is 26.9 Å². The molecule has 0 saturated heterocycles. The largest absolute Gasteiger partial charge is 0.497 e. The van der Waals surface area contributed by atoms with Crippen molar-refractivity contribution in [1.29, 1.82) is 0 Å². The van der Waals surface area contributed by atoms with Crippen LogP contribution in [0.5, 0.6) is 17.2 Å². The zero-order valence-corrected chi connectivity index (χ0v) is 14.6. The molecule has 0 aromatic heterocycles. The number of carbonyl (C=O) groups is 1. The second-order valence-electron chi connectivity index (χ2n) is 5.33. The first kappa shape index (κ1) is 19.3. The summed E-state index contributed by atoms with van der Waals surface area (Å²) in [6, 6.07) is 10.1. The van der Waals surface area contributed by atoms with Gasteiger partial charge in [0, 0.05) is 17.3 Å². The lowest BCUT2D eigenvalue weighted by molar-refractivity contribution is -0.0497. The lowest BCUT2D eigenvalue weighted by Gasteiger charge is -2.18. The predicted molar refractivity (Wildman–Crippen MR) is 93.2 cm³/mol. The van der Waals surface area contributed by atoms with Gasteiger partial charge in [0.2, 0.25) is 0 Å². The minimum Gasteiger partial charge on any atom is -0.497 e. The summed E-state index contributed by atoms with van der Waals surface area (Å²) in [5, 5.41) is 5.33. The van der Waals surface area contributed by atoms with E-state index in [4.69, 9.17) is 9.47 Å². The predicted octanol–water partition coefficient (Wildman–Crippen LogP) is 4.19. The van der Waals surface area contributed by atoms with Crippen LogP contribution in [0.25, 0.3) is 0 Å². The minimum absolute atomic E-state index is 0.0414. The standard InChI is InChI=1S/C18H20F2N2O4/c1-11(15-10-13(24-2)7-8-16(15)25-3)21-18(23)22-12-5-4-6-14(9-12)26-17(19)20/h4-11,17H,1-3H3,(H2,21,22,23). The Morgan fingerprint density at radius 1 is 1.04 bits per heavy atom. The first-order valence-electron chi connectivity index (χ1n) is 7.77. The van der Waals surface area contributed by atoms with Crippen molar-refractivity contribution < 1.29 is 27.8 Å². The van der Waals surface area contributed by atoms with Gasteiger partial charge in [-0.25, -0.2) is 4.79 Å². The van der Waals surface area contributed by atoms with Crippen molar-refractivity contribution in [3.8, 4) is 17.2 Å². The van der Waals surface area contributed by atoms with Crippen LogP contribution < -0.4 is 24.8 Å². The van der Waals surface area contributed by atoms with Gasteiger partial charge in [0.05, 0.1) is 20.3 Å². The van der Waals surface area contributed by atoms with E-state index in [1.165, 1.54) is 25.3 Å². The Balaban J connectivity index is 2.06. The Bertz CT molecular complexity index is 756. The smallest absolute Gasteiger partial charge is 0.387 e. The van der Waals surface area contributed by atoms with E-state index in [-0.39, 0.29) is 11.8 Å². The zero-order chi connectivity index (χ0) is 19.1. The highest BCUT2D eigenvalue weighted by atomic mass is 19.3. The molecule has 8 heteroatoms. The monoisotopic (exact) mass is 366 g/mol. The highest BCUT2D eigenvalue weighted by Crippen LogP contribution is 2.29. The average Bonchev–Trinajstić information content (AvgIpc) is 2.60. The molecule has 6 nitrogen and oxygen atoms in total. The third-order valence-electron chi connectivity index (χ3n) is 3.57. The van der Waals surface area contributed by atoms with E-state index in [0.29, 0.717) is 17.2 Å². The number of methoxy groups -OCH3 is 2. The third-order valence-corrected chi connectivity index (χ3v) is 3.57. The zero-order valence-electron chi connectivity index (χ0n) is 14.6. The fourth-order valence-corrected chi connectivity index (χ4v) is 2.37. The maximum atomic E-state index is 12.3. The number of hydrogen-bond acceptors (Lipinski definition) is 4. The van der Waals surface area contributed by atoms with E-state index in [9.17, 15) is 13.6 Å². The van der Waals surface area contributed by atoms with Gasteiger partial charge >= 0.3 is 12.6 Å². The van der Waals surface area contributed by atoms with Crippen LogP contribution >= 0.6 is 0 Å². The summed E-state index contributed by atoms with van der Waals surface area (Å²) in [5.74, 6) is 1.19. The van der Waals surface area contributed by atoms with Gasteiger partial charge in [-0.05, 0) is 37.3 Å². The lowest BCUT2D eigenvalue weighted by Crippen LogP contribution is -2.31. The quantitative estimate of drug-likeness (QED) is 0.771. The molecular weight excluding hydrogens is 346 g/mol. The SMILES string of the molecule is COc1ccc(OC)c(C(C)NC(=O)Nc2cccc(OC(F)F)c2)c1. The minimum atomic E-state index is -2.93. The van der Waals surface area contributed by atoms with Crippen LogP contribution in [0.3, 0.4) is 0 Å². The summed E-state index contributed by atoms with van der Waals surface area (Å²) in [4.78, 5) is 12.2. The summed E-state index contributed by atoms with van der Waals surface area (Å²) in [5.41, 5.74) is 1.06. The molecule has 0 spiro atoms. The van der Waals surface area contributed by atoms with E-state index in [0.717, 1.165) is 5.56 Å². The van der Waals surface area contributed by atoms with E-state index in [1.54, 1.807) is 38.3 Å². The van der Waals surface area contributed by atoms with Gasteiger partial charge in [-0.3, -0.25) is 0 Å². The van der Waals surface area contributed by atoms with Crippen molar-refractivity contribution >= 4 is 11.7 Å². The molecule has 0 aliphatic rings. The molecule has 0 fully saturated rings. The van der Waals surface area contributed by atoms with Crippen LogP contribution in [0, 0.1) is 0 Å². The Labute approximate surface area is 150 Å². The van der Waals surface area contributed by atoms with E-state index in [1.807, 2.05) is 0 Å². The molecular formula is C18H20F2N2O4. The van der Waals surface area contributed by atoms with Crippen LogP contribution in [0.1, 0.15) is 18.5 Å². The number of hydrogen-bond donors (Lipinski definition) is 2. The second kappa shape index (κ2) is 8.89. The Morgan fingerprint density at radius 2 is 1.81 bits per heavy atom. The van der Waals surface area contributed by atoms with Gasteiger partial charge in [-0.2, -0.15) is 8.78 Å². The molecule has 2 rings (SSSR count). The van der Waals surface area contributed by atoms with E-state index in [2.05, 4.69) is 15.4 Å². The number of amides is 2. The van der Waals surface area contributed by atoms with Crippen molar-refractivity contribution in [3.63, 3.8) is 0 Å². The molecule has 0 radical (unpaired) electrons. The first-order valence-corrected chi connectivity index (χ1v) is 7.77. The van der Waals surface area contributed by atoms with Crippen LogP contribution in [0.15, 0.2) is 42.5 Å². The summed E-state index contributed by atoms with van der Waals surface area (Å²) >= 11 is 0. The third kappa shape index (κ3) is 5.23. The molecule has 0 heterocycles. The van der Waals surface area contributed by atoms with Crippen LogP contribution in [0.2, 0.25) is 0 Å². The van der Waals surface area contributed by atoms with Gasteiger partial charge in [-0.15, -0.1) is 0 Å². The van der Waals surface area contributed by atoms with Crippen molar-refractivity contribution in [1.82, 2.24) is 5.32 Å². The van der Waals surface area contributed by atoms with Gasteiger partial charge < -0.3 is 24.8 Å². The molecule has 0 bridgehead atoms. The summed E-state index contributed by atoms with van der Waals surface area (Å²) < 4.78 is 39.3. The highest BCUT2D eigenvalue weighted by Gasteiger charge is 2.15. The maximum absolute atomic E-state index is 12.3. The lowest BCUT2D eigenvalue weighted by atomic mass is 10.1. The van der Waals surface area contributed by atoms with Gasteiger partial charge in [0.25, 0.3) is 0 Å². The molecule has 2 amide bonds. The molecule has 1 atom stereocenters. The number of anilines is 1. The number of nitrogens with one attached hydrogen (secondary N) is 2. The van der Waals surface area contributed by atoms with Crippen molar-refractivity contribution in [2.45, 2.75) is 19.6 Å². The summed E-state index contributed by atoms with van der Waals surface area (Å²) in [6.45, 7) is -1.15. The van der Waals surface area contributed by atoms with E-state index < -0.39 is 12.6 Å². The molecule has 2 N–H and O–H groups in total. The maximum Gasteiger partial charge on any atom is 0.387 e. The van der Waals surface area contributed by atoms with Gasteiger partial charge in [0.1, 0.15) is 17.2 Å². The first-order chi connectivity index (χ1) is 12.4. The van der Waals surface area contributed by atoms with Gasteiger partial charge in [0.15, 0.2) is 0 Å². The Kier molecular flexibility index (Phi) is 6.60.